The van der Waals surface area contributed by atoms with Crippen molar-refractivity contribution in [3.8, 4) is 6.07 Å². The number of amidine groups is 1. The van der Waals surface area contributed by atoms with Gasteiger partial charge in [-0.25, -0.2) is 14.6 Å². The number of H-pyrrole nitrogens is 1. The third kappa shape index (κ3) is 10.9. The molecule has 5 N–H and O–H groups in total. The Morgan fingerprint density at radius 3 is 2.37 bits per heavy atom. The molecule has 1 saturated heterocycles. The van der Waals surface area contributed by atoms with Crippen molar-refractivity contribution in [2.45, 2.75) is 129 Å². The first-order valence-corrected chi connectivity index (χ1v) is 17.6. The Kier molecular flexibility index (Phi) is 14.3. The van der Waals surface area contributed by atoms with Gasteiger partial charge in [0.15, 0.2) is 11.9 Å². The van der Waals surface area contributed by atoms with Crippen LogP contribution in [0, 0.1) is 40.4 Å². The smallest absolute Gasteiger partial charge is 0.408 e. The summed E-state index contributed by atoms with van der Waals surface area (Å²) in [7, 11) is 0. The molecule has 2 fully saturated rings. The second-order valence-corrected chi connectivity index (χ2v) is 15.0. The van der Waals surface area contributed by atoms with Crippen molar-refractivity contribution in [3.63, 3.8) is 0 Å². The minimum absolute atomic E-state index is 0.00140. The maximum atomic E-state index is 13.6. The van der Waals surface area contributed by atoms with E-state index in [1.807, 2.05) is 19.9 Å². The Hall–Kier alpha value is -4.29. The summed E-state index contributed by atoms with van der Waals surface area (Å²) in [6.45, 7) is 13.5. The summed E-state index contributed by atoms with van der Waals surface area (Å²) in [6.07, 6.45) is 0.525. The fourth-order valence-corrected chi connectivity index (χ4v) is 5.97. The quantitative estimate of drug-likeness (QED) is 0.0846. The molecule has 0 bridgehead atoms. The van der Waals surface area contributed by atoms with Crippen LogP contribution in [0.2, 0.25) is 0 Å². The summed E-state index contributed by atoms with van der Waals surface area (Å²) in [6, 6.07) is 3.73. The van der Waals surface area contributed by atoms with Crippen molar-refractivity contribution < 1.29 is 43.2 Å². The van der Waals surface area contributed by atoms with Gasteiger partial charge in [-0.3, -0.25) is 15.0 Å². The van der Waals surface area contributed by atoms with Crippen LogP contribution < -0.4 is 10.6 Å². The Morgan fingerprint density at radius 2 is 1.80 bits per heavy atom. The highest BCUT2D eigenvalue weighted by molar-refractivity contribution is 6.09. The SMILES string of the molecule is CC(C)[C@H](NC(=O)OC(C)(C)C)C(=O)O[C@H]1[C@@H](O)[C@](C#N)(c2ccc(/C(=N\C=N)NC(=O)[C@H](C)C(C)C)[nH]2)O[C@@H]1COC(=O)CC1CCCCC1. The van der Waals surface area contributed by atoms with Gasteiger partial charge in [0.1, 0.15) is 42.9 Å². The van der Waals surface area contributed by atoms with Gasteiger partial charge in [0.05, 0.1) is 11.4 Å². The van der Waals surface area contributed by atoms with Gasteiger partial charge in [-0.1, -0.05) is 53.9 Å². The molecule has 0 aromatic carbocycles. The molecule has 0 unspecified atom stereocenters. The maximum Gasteiger partial charge on any atom is 0.408 e. The zero-order chi connectivity index (χ0) is 38.1. The summed E-state index contributed by atoms with van der Waals surface area (Å²) < 4.78 is 22.9. The van der Waals surface area contributed by atoms with Gasteiger partial charge >= 0.3 is 18.0 Å². The zero-order valence-corrected chi connectivity index (χ0v) is 30.9. The molecular formula is C36H54N6O9. The summed E-state index contributed by atoms with van der Waals surface area (Å²) in [5, 5.41) is 35.0. The molecule has 3 rings (SSSR count). The second kappa shape index (κ2) is 17.8. The van der Waals surface area contributed by atoms with Crippen LogP contribution in [0.25, 0.3) is 0 Å². The van der Waals surface area contributed by atoms with Gasteiger partial charge in [0.2, 0.25) is 11.5 Å². The van der Waals surface area contributed by atoms with Crippen LogP contribution >= 0.6 is 0 Å². The minimum Gasteiger partial charge on any atom is -0.463 e. The van der Waals surface area contributed by atoms with Crippen LogP contribution in [-0.2, 0) is 38.9 Å². The number of nitrogens with one attached hydrogen (secondary N) is 4. The number of esters is 2. The van der Waals surface area contributed by atoms with E-state index in [-0.39, 0.29) is 47.3 Å². The van der Waals surface area contributed by atoms with E-state index in [1.54, 1.807) is 41.5 Å². The average Bonchev–Trinajstić information content (AvgIpc) is 3.65. The first-order chi connectivity index (χ1) is 23.9. The number of rotatable bonds is 13. The topological polar surface area (TPSA) is 225 Å². The van der Waals surface area contributed by atoms with E-state index in [0.29, 0.717) is 0 Å². The van der Waals surface area contributed by atoms with E-state index in [4.69, 9.17) is 24.4 Å². The number of hydrogen-bond donors (Lipinski definition) is 5. The van der Waals surface area contributed by atoms with Crippen LogP contribution in [0.5, 0.6) is 0 Å². The number of alkyl carbamates (subject to hydrolysis) is 1. The molecule has 6 atom stereocenters. The second-order valence-electron chi connectivity index (χ2n) is 15.0. The van der Waals surface area contributed by atoms with E-state index >= 15 is 0 Å². The third-order valence-electron chi connectivity index (χ3n) is 9.22. The van der Waals surface area contributed by atoms with Crippen molar-refractivity contribution in [2.75, 3.05) is 6.61 Å². The summed E-state index contributed by atoms with van der Waals surface area (Å²) >= 11 is 0. The predicted molar refractivity (Wildman–Crippen MR) is 186 cm³/mol. The molecule has 1 aromatic heterocycles. The highest BCUT2D eigenvalue weighted by Gasteiger charge is 2.59. The van der Waals surface area contributed by atoms with Gasteiger partial charge in [-0.05, 0) is 63.5 Å². The zero-order valence-electron chi connectivity index (χ0n) is 30.9. The number of carbonyl (C=O) groups is 4. The monoisotopic (exact) mass is 714 g/mol. The molecule has 0 radical (unpaired) electrons. The number of carbonyl (C=O) groups excluding carboxylic acids is 4. The first kappa shape index (κ1) is 41.1. The lowest BCUT2D eigenvalue weighted by molar-refractivity contribution is -0.163. The van der Waals surface area contributed by atoms with Gasteiger partial charge in [-0.2, -0.15) is 5.26 Å². The van der Waals surface area contributed by atoms with Crippen molar-refractivity contribution >= 4 is 36.1 Å². The molecular weight excluding hydrogens is 660 g/mol. The molecule has 15 nitrogen and oxygen atoms in total. The first-order valence-electron chi connectivity index (χ1n) is 17.6. The van der Waals surface area contributed by atoms with Gasteiger partial charge in [0, 0.05) is 12.3 Å². The molecule has 2 amide bonds. The Labute approximate surface area is 299 Å². The number of aliphatic imine (C=N–C) groups is 1. The summed E-state index contributed by atoms with van der Waals surface area (Å²) in [5.74, 6) is -2.37. The maximum absolute atomic E-state index is 13.6. The fourth-order valence-electron chi connectivity index (χ4n) is 5.97. The molecule has 51 heavy (non-hydrogen) atoms. The number of aliphatic hydroxyl groups is 1. The van der Waals surface area contributed by atoms with Gasteiger partial charge < -0.3 is 39.7 Å². The molecule has 2 heterocycles. The van der Waals surface area contributed by atoms with E-state index in [2.05, 4.69) is 20.6 Å². The lowest BCUT2D eigenvalue weighted by atomic mass is 9.87. The van der Waals surface area contributed by atoms with Crippen molar-refractivity contribution in [2.24, 2.45) is 28.7 Å². The average molecular weight is 715 g/mol. The summed E-state index contributed by atoms with van der Waals surface area (Å²) in [5.41, 5.74) is -2.76. The van der Waals surface area contributed by atoms with Crippen LogP contribution in [0.15, 0.2) is 17.1 Å². The molecule has 1 saturated carbocycles. The number of nitriles is 1. The van der Waals surface area contributed by atoms with Crippen molar-refractivity contribution in [3.05, 3.63) is 23.5 Å². The fraction of sp³-hybridized carbons (Fsp3) is 0.694. The van der Waals surface area contributed by atoms with E-state index in [0.717, 1.165) is 38.4 Å². The van der Waals surface area contributed by atoms with E-state index in [1.165, 1.54) is 12.1 Å². The van der Waals surface area contributed by atoms with Gasteiger partial charge in [-0.15, -0.1) is 0 Å². The number of ether oxygens (including phenoxy) is 4. The molecule has 282 valence electrons. The summed E-state index contributed by atoms with van der Waals surface area (Å²) in [4.78, 5) is 58.8. The molecule has 0 spiro atoms. The largest absolute Gasteiger partial charge is 0.463 e. The molecule has 1 aliphatic carbocycles. The molecule has 1 aliphatic heterocycles. The van der Waals surface area contributed by atoms with E-state index < -0.39 is 66.1 Å². The number of aliphatic hydroxyl groups excluding tert-OH is 1. The third-order valence-corrected chi connectivity index (χ3v) is 9.22. The van der Waals surface area contributed by atoms with Crippen LogP contribution in [0.1, 0.15) is 105 Å². The number of amides is 2. The number of aromatic amines is 1. The lowest BCUT2D eigenvalue weighted by Gasteiger charge is -2.28. The van der Waals surface area contributed by atoms with Crippen LogP contribution in [0.4, 0.5) is 4.79 Å². The minimum atomic E-state index is -2.17. The molecule has 1 aromatic rings. The molecule has 15 heteroatoms. The van der Waals surface area contributed by atoms with Crippen LogP contribution in [0.3, 0.4) is 0 Å². The Morgan fingerprint density at radius 1 is 1.14 bits per heavy atom. The number of hydrogen-bond acceptors (Lipinski definition) is 11. The number of nitrogens with zero attached hydrogens (tertiary/aromatic N) is 2. The van der Waals surface area contributed by atoms with E-state index in [9.17, 15) is 29.5 Å². The van der Waals surface area contributed by atoms with Gasteiger partial charge in [0.25, 0.3) is 0 Å². The lowest BCUT2D eigenvalue weighted by Crippen LogP contribution is -2.50. The Bertz CT molecular complexity index is 1470. The van der Waals surface area contributed by atoms with Crippen LogP contribution in [-0.4, -0.2) is 82.8 Å². The predicted octanol–water partition coefficient (Wildman–Crippen LogP) is 4.23. The molecule has 2 aliphatic rings. The standard InChI is InChI=1S/C36H54N6O9/c1-20(2)22(5)32(45)42-31(39-19-38)24-14-15-26(40-24)36(18-37)30(44)29(25(50-36)17-48-27(43)16-23-12-10-9-11-13-23)49-33(46)28(21(3)4)41-34(47)51-35(6,7)8/h14-15,19-23,25,28-30,40,44H,9-13,16-17H2,1-8H3,(H,41,47)(H2,38,39,42,45)/t22-,25-,28+,29-,30-,36+/m1/s1. The highest BCUT2D eigenvalue weighted by atomic mass is 16.6. The normalized spacial score (nSPS) is 24.0. The highest BCUT2D eigenvalue weighted by Crippen LogP contribution is 2.41. The van der Waals surface area contributed by atoms with Crippen molar-refractivity contribution in [1.82, 2.24) is 15.6 Å². The number of aromatic nitrogens is 1. The van der Waals surface area contributed by atoms with Crippen molar-refractivity contribution in [1.29, 1.82) is 10.7 Å². The Balaban J connectivity index is 1.93.